The molecule has 2 N–H and O–H groups in total. The largest absolute Gasteiger partial charge is 0.484 e. The molecule has 0 saturated heterocycles. The Hall–Kier alpha value is -1.80. The molecule has 0 aromatic heterocycles. The fourth-order valence-electron chi connectivity index (χ4n) is 1.77. The molecule has 0 bridgehead atoms. The highest BCUT2D eigenvalue weighted by atomic mass is 16.5. The van der Waals surface area contributed by atoms with E-state index in [1.54, 1.807) is 0 Å². The number of nitrogens with two attached hydrogens (primary N) is 1. The van der Waals surface area contributed by atoms with Crippen LogP contribution in [0.1, 0.15) is 18.6 Å². The predicted octanol–water partition coefficient (Wildman–Crippen LogP) is 3.15. The molecule has 0 aliphatic carbocycles. The van der Waals surface area contributed by atoms with Crippen molar-refractivity contribution < 1.29 is 4.74 Å². The van der Waals surface area contributed by atoms with Crippen LogP contribution < -0.4 is 10.5 Å². The zero-order valence-corrected chi connectivity index (χ0v) is 9.91. The highest BCUT2D eigenvalue weighted by Crippen LogP contribution is 2.23. The standard InChI is InChI=1S/C15H17NO/c1-12(16)15(13-8-4-2-5-9-13)17-14-10-6-3-7-11-14/h2-12,15H,16H2,1H3. The van der Waals surface area contributed by atoms with Crippen molar-refractivity contribution >= 4 is 0 Å². The number of ether oxygens (including phenoxy) is 1. The van der Waals surface area contributed by atoms with E-state index in [0.29, 0.717) is 0 Å². The summed E-state index contributed by atoms with van der Waals surface area (Å²) in [6.45, 7) is 1.96. The molecule has 2 unspecified atom stereocenters. The van der Waals surface area contributed by atoms with Gasteiger partial charge in [0, 0.05) is 6.04 Å². The second-order valence-corrected chi connectivity index (χ2v) is 4.12. The molecule has 88 valence electrons. The summed E-state index contributed by atoms with van der Waals surface area (Å²) in [6, 6.07) is 19.8. The van der Waals surface area contributed by atoms with Crippen molar-refractivity contribution in [3.05, 3.63) is 66.2 Å². The van der Waals surface area contributed by atoms with Gasteiger partial charge >= 0.3 is 0 Å². The van der Waals surface area contributed by atoms with E-state index in [2.05, 4.69) is 0 Å². The molecule has 0 aliphatic rings. The molecular formula is C15H17NO. The van der Waals surface area contributed by atoms with Crippen LogP contribution in [0.3, 0.4) is 0 Å². The third-order valence-electron chi connectivity index (χ3n) is 2.61. The Morgan fingerprint density at radius 3 is 1.94 bits per heavy atom. The van der Waals surface area contributed by atoms with Gasteiger partial charge in [-0.2, -0.15) is 0 Å². The molecule has 0 spiro atoms. The summed E-state index contributed by atoms with van der Waals surface area (Å²) < 4.78 is 5.94. The zero-order chi connectivity index (χ0) is 12.1. The number of rotatable bonds is 4. The zero-order valence-electron chi connectivity index (χ0n) is 9.91. The Kier molecular flexibility index (Phi) is 3.78. The number of para-hydroxylation sites is 1. The Bertz CT molecular complexity index is 439. The van der Waals surface area contributed by atoms with Gasteiger partial charge in [-0.1, -0.05) is 48.5 Å². The van der Waals surface area contributed by atoms with E-state index in [1.165, 1.54) is 0 Å². The Morgan fingerprint density at radius 1 is 0.882 bits per heavy atom. The number of hydrogen-bond acceptors (Lipinski definition) is 2. The van der Waals surface area contributed by atoms with Crippen molar-refractivity contribution in [2.45, 2.75) is 19.1 Å². The van der Waals surface area contributed by atoms with Crippen molar-refractivity contribution in [3.8, 4) is 5.75 Å². The van der Waals surface area contributed by atoms with Gasteiger partial charge in [-0.25, -0.2) is 0 Å². The molecule has 17 heavy (non-hydrogen) atoms. The molecule has 0 radical (unpaired) electrons. The first-order valence-corrected chi connectivity index (χ1v) is 5.79. The topological polar surface area (TPSA) is 35.2 Å². The average molecular weight is 227 g/mol. The van der Waals surface area contributed by atoms with E-state index in [9.17, 15) is 0 Å². The van der Waals surface area contributed by atoms with Crippen LogP contribution in [0.4, 0.5) is 0 Å². The summed E-state index contributed by atoms with van der Waals surface area (Å²) in [5, 5.41) is 0. The summed E-state index contributed by atoms with van der Waals surface area (Å²) in [6.07, 6.45) is -0.112. The monoisotopic (exact) mass is 227 g/mol. The summed E-state index contributed by atoms with van der Waals surface area (Å²) in [7, 11) is 0. The molecule has 0 aliphatic heterocycles. The van der Waals surface area contributed by atoms with E-state index >= 15 is 0 Å². The molecule has 0 amide bonds. The van der Waals surface area contributed by atoms with Gasteiger partial charge in [0.15, 0.2) is 0 Å². The first kappa shape index (κ1) is 11.7. The maximum absolute atomic E-state index is 5.99. The van der Waals surface area contributed by atoms with Crippen molar-refractivity contribution in [1.82, 2.24) is 0 Å². The molecule has 0 fully saturated rings. The lowest BCUT2D eigenvalue weighted by Crippen LogP contribution is -2.28. The molecule has 2 nitrogen and oxygen atoms in total. The van der Waals surface area contributed by atoms with E-state index in [4.69, 9.17) is 10.5 Å². The van der Waals surface area contributed by atoms with Gasteiger partial charge in [-0.3, -0.25) is 0 Å². The van der Waals surface area contributed by atoms with Crippen molar-refractivity contribution in [2.24, 2.45) is 5.73 Å². The quantitative estimate of drug-likeness (QED) is 0.870. The Morgan fingerprint density at radius 2 is 1.41 bits per heavy atom. The summed E-state index contributed by atoms with van der Waals surface area (Å²) >= 11 is 0. The lowest BCUT2D eigenvalue weighted by atomic mass is 10.0. The van der Waals surface area contributed by atoms with Crippen molar-refractivity contribution in [2.75, 3.05) is 0 Å². The van der Waals surface area contributed by atoms with Gasteiger partial charge in [0.2, 0.25) is 0 Å². The first-order valence-electron chi connectivity index (χ1n) is 5.79. The lowest BCUT2D eigenvalue weighted by molar-refractivity contribution is 0.180. The maximum Gasteiger partial charge on any atom is 0.138 e. The van der Waals surface area contributed by atoms with Crippen molar-refractivity contribution in [3.63, 3.8) is 0 Å². The van der Waals surface area contributed by atoms with Gasteiger partial charge in [0.1, 0.15) is 11.9 Å². The third kappa shape index (κ3) is 3.08. The molecule has 0 heterocycles. The van der Waals surface area contributed by atoms with Gasteiger partial charge in [-0.15, -0.1) is 0 Å². The van der Waals surface area contributed by atoms with Gasteiger partial charge < -0.3 is 10.5 Å². The SMILES string of the molecule is CC(N)C(Oc1ccccc1)c1ccccc1. The van der Waals surface area contributed by atoms with Crippen LogP contribution in [0.5, 0.6) is 5.75 Å². The van der Waals surface area contributed by atoms with Gasteiger partial charge in [0.25, 0.3) is 0 Å². The Balaban J connectivity index is 2.20. The summed E-state index contributed by atoms with van der Waals surface area (Å²) in [4.78, 5) is 0. The second kappa shape index (κ2) is 5.51. The fraction of sp³-hybridized carbons (Fsp3) is 0.200. The molecular weight excluding hydrogens is 210 g/mol. The minimum absolute atomic E-state index is 0.0578. The fourth-order valence-corrected chi connectivity index (χ4v) is 1.77. The van der Waals surface area contributed by atoms with Crippen LogP contribution in [0, 0.1) is 0 Å². The van der Waals surface area contributed by atoms with Crippen LogP contribution >= 0.6 is 0 Å². The van der Waals surface area contributed by atoms with Gasteiger partial charge in [-0.05, 0) is 24.6 Å². The van der Waals surface area contributed by atoms with Crippen LogP contribution in [-0.4, -0.2) is 6.04 Å². The third-order valence-corrected chi connectivity index (χ3v) is 2.61. The summed E-state index contributed by atoms with van der Waals surface area (Å²) in [5.41, 5.74) is 7.09. The van der Waals surface area contributed by atoms with Crippen molar-refractivity contribution in [1.29, 1.82) is 0 Å². The first-order chi connectivity index (χ1) is 8.27. The predicted molar refractivity (Wildman–Crippen MR) is 69.9 cm³/mol. The molecule has 2 aromatic carbocycles. The average Bonchev–Trinajstić information content (AvgIpc) is 2.38. The molecule has 2 aromatic rings. The van der Waals surface area contributed by atoms with E-state index in [-0.39, 0.29) is 12.1 Å². The highest BCUT2D eigenvalue weighted by Gasteiger charge is 2.17. The molecule has 2 heteroatoms. The van der Waals surface area contributed by atoms with Crippen LogP contribution in [0.2, 0.25) is 0 Å². The van der Waals surface area contributed by atoms with Crippen LogP contribution in [0.25, 0.3) is 0 Å². The second-order valence-electron chi connectivity index (χ2n) is 4.12. The van der Waals surface area contributed by atoms with E-state index in [1.807, 2.05) is 67.6 Å². The molecule has 0 saturated carbocycles. The van der Waals surface area contributed by atoms with Crippen LogP contribution in [-0.2, 0) is 0 Å². The molecule has 2 rings (SSSR count). The minimum Gasteiger partial charge on any atom is -0.484 e. The normalized spacial score (nSPS) is 14.0. The maximum atomic E-state index is 5.99. The van der Waals surface area contributed by atoms with E-state index < -0.39 is 0 Å². The summed E-state index contributed by atoms with van der Waals surface area (Å²) in [5.74, 6) is 0.846. The smallest absolute Gasteiger partial charge is 0.138 e. The minimum atomic E-state index is -0.112. The molecule has 2 atom stereocenters. The van der Waals surface area contributed by atoms with Gasteiger partial charge in [0.05, 0.1) is 0 Å². The number of hydrogen-bond donors (Lipinski definition) is 1. The van der Waals surface area contributed by atoms with Crippen LogP contribution in [0.15, 0.2) is 60.7 Å². The van der Waals surface area contributed by atoms with E-state index in [0.717, 1.165) is 11.3 Å². The lowest BCUT2D eigenvalue weighted by Gasteiger charge is -2.22. The highest BCUT2D eigenvalue weighted by molar-refractivity contribution is 5.25. The Labute approximate surface area is 102 Å². The number of benzene rings is 2.